The summed E-state index contributed by atoms with van der Waals surface area (Å²) in [6.45, 7) is 0.371. The zero-order valence-corrected chi connectivity index (χ0v) is 7.80. The molecule has 2 N–H and O–H groups in total. The summed E-state index contributed by atoms with van der Waals surface area (Å²) in [5.74, 6) is -0.163. The lowest BCUT2D eigenvalue weighted by atomic mass is 10.4. The summed E-state index contributed by atoms with van der Waals surface area (Å²) in [6, 6.07) is 3.54. The Kier molecular flexibility index (Phi) is 3.31. The van der Waals surface area contributed by atoms with Gasteiger partial charge in [-0.15, -0.1) is 0 Å². The first-order valence-corrected chi connectivity index (χ1v) is 4.14. The van der Waals surface area contributed by atoms with Gasteiger partial charge in [0.15, 0.2) is 4.67 Å². The molecular weight excluding hydrogens is 226 g/mol. The molecule has 0 bridgehead atoms. The van der Waals surface area contributed by atoms with Gasteiger partial charge in [-0.25, -0.2) is 0 Å². The molecule has 4 nitrogen and oxygen atoms in total. The monoisotopic (exact) mass is 233 g/mol. The Hall–Kier alpha value is -0.810. The second kappa shape index (κ2) is 4.27. The van der Waals surface area contributed by atoms with Gasteiger partial charge in [0, 0.05) is 0 Å². The van der Waals surface area contributed by atoms with E-state index in [1.165, 1.54) is 0 Å². The number of nitrogens with one attached hydrogen (secondary N) is 1. The third-order valence-corrected chi connectivity index (χ3v) is 1.63. The Morgan fingerprint density at radius 1 is 1.67 bits per heavy atom. The van der Waals surface area contributed by atoms with Crippen LogP contribution in [0.2, 0.25) is 0 Å². The fraction of sp³-hybridized carbons (Fsp3) is 0.286. The van der Waals surface area contributed by atoms with Crippen LogP contribution in [0, 0.1) is 0 Å². The van der Waals surface area contributed by atoms with Crippen molar-refractivity contribution in [1.29, 1.82) is 0 Å². The lowest BCUT2D eigenvalue weighted by Gasteiger charge is -1.96. The van der Waals surface area contributed by atoms with Crippen LogP contribution in [0.25, 0.3) is 0 Å². The van der Waals surface area contributed by atoms with Crippen LogP contribution < -0.4 is 5.32 Å². The van der Waals surface area contributed by atoms with Crippen molar-refractivity contribution in [2.24, 2.45) is 0 Å². The van der Waals surface area contributed by atoms with Crippen molar-refractivity contribution in [2.45, 2.75) is 6.54 Å². The van der Waals surface area contributed by atoms with E-state index in [-0.39, 0.29) is 6.54 Å². The predicted molar refractivity (Wildman–Crippen MR) is 45.8 cm³/mol. The lowest BCUT2D eigenvalue weighted by Crippen LogP contribution is -2.21. The number of carbonyl (C=O) groups is 1. The van der Waals surface area contributed by atoms with Crippen molar-refractivity contribution in [3.05, 3.63) is 22.6 Å². The van der Waals surface area contributed by atoms with Gasteiger partial charge >= 0.3 is 5.97 Å². The largest absolute Gasteiger partial charge is 0.480 e. The Labute approximate surface area is 77.7 Å². The summed E-state index contributed by atoms with van der Waals surface area (Å²) in [7, 11) is 0. The van der Waals surface area contributed by atoms with Gasteiger partial charge in [0.25, 0.3) is 0 Å². The van der Waals surface area contributed by atoms with Gasteiger partial charge in [0.05, 0.1) is 13.1 Å². The number of aliphatic carboxylic acids is 1. The Morgan fingerprint density at radius 2 is 2.42 bits per heavy atom. The summed E-state index contributed by atoms with van der Waals surface area (Å²) >= 11 is 3.14. The second-order valence-corrected chi connectivity index (χ2v) is 2.98. The number of rotatable bonds is 4. The minimum absolute atomic E-state index is 0.0572. The number of hydrogen-bond donors (Lipinski definition) is 2. The normalized spacial score (nSPS) is 10.1. The predicted octanol–water partition coefficient (Wildman–Crippen LogP) is 1.22. The van der Waals surface area contributed by atoms with Gasteiger partial charge < -0.3 is 9.52 Å². The molecular formula is C7H8BrNO3. The number of furan rings is 1. The maximum absolute atomic E-state index is 10.1. The highest BCUT2D eigenvalue weighted by Gasteiger charge is 1.99. The van der Waals surface area contributed by atoms with Crippen molar-refractivity contribution in [3.8, 4) is 0 Å². The molecule has 0 atom stereocenters. The van der Waals surface area contributed by atoms with Crippen molar-refractivity contribution in [3.63, 3.8) is 0 Å². The molecule has 0 saturated heterocycles. The fourth-order valence-electron chi connectivity index (χ4n) is 0.739. The summed E-state index contributed by atoms with van der Waals surface area (Å²) in [5.41, 5.74) is 0. The van der Waals surface area contributed by atoms with Gasteiger partial charge in [0.2, 0.25) is 0 Å². The molecule has 1 rings (SSSR count). The van der Waals surface area contributed by atoms with Gasteiger partial charge in [-0.05, 0) is 28.1 Å². The third kappa shape index (κ3) is 3.06. The molecule has 0 amide bonds. The van der Waals surface area contributed by atoms with Crippen LogP contribution >= 0.6 is 15.9 Å². The molecule has 0 fully saturated rings. The van der Waals surface area contributed by atoms with Gasteiger partial charge in [-0.3, -0.25) is 10.1 Å². The van der Waals surface area contributed by atoms with E-state index in [0.29, 0.717) is 17.0 Å². The van der Waals surface area contributed by atoms with Crippen LogP contribution in [0.1, 0.15) is 5.76 Å². The minimum Gasteiger partial charge on any atom is -0.480 e. The van der Waals surface area contributed by atoms with Crippen LogP contribution in [0.3, 0.4) is 0 Å². The average Bonchev–Trinajstić information content (AvgIpc) is 2.35. The number of hydrogen-bond acceptors (Lipinski definition) is 3. The maximum atomic E-state index is 10.1. The van der Waals surface area contributed by atoms with Crippen molar-refractivity contribution in [1.82, 2.24) is 5.32 Å². The second-order valence-electron chi connectivity index (χ2n) is 2.20. The number of carboxylic acids is 1. The summed E-state index contributed by atoms with van der Waals surface area (Å²) < 4.78 is 5.77. The molecule has 12 heavy (non-hydrogen) atoms. The number of carboxylic acid groups (broad SMARTS) is 1. The summed E-state index contributed by atoms with van der Waals surface area (Å²) in [4.78, 5) is 10.1. The third-order valence-electron chi connectivity index (χ3n) is 1.20. The molecule has 0 aromatic carbocycles. The minimum atomic E-state index is -0.874. The molecule has 0 aliphatic heterocycles. The molecule has 0 aliphatic rings. The SMILES string of the molecule is O=C(O)CNCc1ccc(Br)o1. The van der Waals surface area contributed by atoms with Crippen molar-refractivity contribution >= 4 is 21.9 Å². The van der Waals surface area contributed by atoms with Crippen molar-refractivity contribution in [2.75, 3.05) is 6.54 Å². The molecule has 66 valence electrons. The van der Waals surface area contributed by atoms with E-state index in [2.05, 4.69) is 21.2 Å². The van der Waals surface area contributed by atoms with Crippen molar-refractivity contribution < 1.29 is 14.3 Å². The highest BCUT2D eigenvalue weighted by atomic mass is 79.9. The molecule has 1 aromatic rings. The first-order chi connectivity index (χ1) is 5.68. The Balaban J connectivity index is 2.29. The van der Waals surface area contributed by atoms with E-state index in [1.807, 2.05) is 0 Å². The van der Waals surface area contributed by atoms with E-state index in [4.69, 9.17) is 9.52 Å². The highest BCUT2D eigenvalue weighted by molar-refractivity contribution is 9.10. The summed E-state index contributed by atoms with van der Waals surface area (Å²) in [5, 5.41) is 11.0. The summed E-state index contributed by atoms with van der Waals surface area (Å²) in [6.07, 6.45) is 0. The van der Waals surface area contributed by atoms with Crippen LogP contribution in [-0.2, 0) is 11.3 Å². The fourth-order valence-corrected chi connectivity index (χ4v) is 1.08. The van der Waals surface area contributed by atoms with Crippen LogP contribution in [0.15, 0.2) is 21.2 Å². The average molecular weight is 234 g/mol. The quantitative estimate of drug-likeness (QED) is 0.821. The highest BCUT2D eigenvalue weighted by Crippen LogP contribution is 2.13. The standard InChI is InChI=1S/C7H8BrNO3/c8-6-2-1-5(12-6)3-9-4-7(10)11/h1-2,9H,3-4H2,(H,10,11). The Bertz CT molecular complexity index is 271. The molecule has 0 unspecified atom stereocenters. The lowest BCUT2D eigenvalue weighted by molar-refractivity contribution is -0.136. The molecule has 0 spiro atoms. The molecule has 0 aliphatic carbocycles. The zero-order chi connectivity index (χ0) is 8.97. The molecule has 1 heterocycles. The first-order valence-electron chi connectivity index (χ1n) is 3.35. The van der Waals surface area contributed by atoms with E-state index in [9.17, 15) is 4.79 Å². The molecule has 0 saturated carbocycles. The molecule has 0 radical (unpaired) electrons. The van der Waals surface area contributed by atoms with Gasteiger partial charge in [0.1, 0.15) is 5.76 Å². The molecule has 5 heteroatoms. The first kappa shape index (κ1) is 9.28. The van der Waals surface area contributed by atoms with Gasteiger partial charge in [-0.2, -0.15) is 0 Å². The Morgan fingerprint density at radius 3 is 2.92 bits per heavy atom. The van der Waals surface area contributed by atoms with Crippen LogP contribution in [0.4, 0.5) is 0 Å². The smallest absolute Gasteiger partial charge is 0.317 e. The van der Waals surface area contributed by atoms with E-state index in [0.717, 1.165) is 0 Å². The zero-order valence-electron chi connectivity index (χ0n) is 6.21. The topological polar surface area (TPSA) is 62.5 Å². The van der Waals surface area contributed by atoms with Gasteiger partial charge in [-0.1, -0.05) is 0 Å². The van der Waals surface area contributed by atoms with E-state index < -0.39 is 5.97 Å². The van der Waals surface area contributed by atoms with Crippen LogP contribution in [0.5, 0.6) is 0 Å². The number of halogens is 1. The molecule has 1 aromatic heterocycles. The van der Waals surface area contributed by atoms with E-state index in [1.54, 1.807) is 12.1 Å². The maximum Gasteiger partial charge on any atom is 0.317 e. The van der Waals surface area contributed by atoms with E-state index >= 15 is 0 Å². The van der Waals surface area contributed by atoms with Crippen LogP contribution in [-0.4, -0.2) is 17.6 Å².